The molecule has 0 fully saturated rings. The molecule has 1 unspecified atom stereocenters. The Morgan fingerprint density at radius 2 is 1.81 bits per heavy atom. The first-order valence-electron chi connectivity index (χ1n) is 7.41. The van der Waals surface area contributed by atoms with Crippen molar-refractivity contribution in [2.75, 3.05) is 0 Å². The van der Waals surface area contributed by atoms with Crippen molar-refractivity contribution >= 4 is 23.9 Å². The standard InChI is InChI=1S/C20H25N/c1-13(2)11-12-19(14(3)4)21-16(6)18-10-8-9-15(5)20(18)17(21)7/h8-10,19H,1,3,6-7,11-12H2,2,4-5H3. The number of aryl methyl sites for hydroxylation is 1. The van der Waals surface area contributed by atoms with Gasteiger partial charge >= 0.3 is 0 Å². The number of nitrogens with zero attached hydrogens (tertiary/aromatic N) is 1. The van der Waals surface area contributed by atoms with E-state index in [1.165, 1.54) is 21.9 Å². The van der Waals surface area contributed by atoms with E-state index in [1.54, 1.807) is 0 Å². The van der Waals surface area contributed by atoms with Crippen LogP contribution in [0.1, 0.15) is 38.3 Å². The highest BCUT2D eigenvalue weighted by molar-refractivity contribution is 5.86. The Morgan fingerprint density at radius 1 is 1.14 bits per heavy atom. The number of fused-ring (bicyclic) bond motifs is 1. The number of benzene rings is 1. The second kappa shape index (κ2) is 5.77. The summed E-state index contributed by atoms with van der Waals surface area (Å²) in [5.74, 6) is 0. The lowest BCUT2D eigenvalue weighted by atomic mass is 10.0. The second-order valence-electron chi connectivity index (χ2n) is 6.12. The molecule has 0 aliphatic carbocycles. The molecule has 0 spiro atoms. The number of hydrogen-bond donors (Lipinski definition) is 0. The molecule has 110 valence electrons. The molecule has 0 aliphatic rings. The van der Waals surface area contributed by atoms with Crippen LogP contribution in [0.25, 0.3) is 23.9 Å². The Morgan fingerprint density at radius 3 is 2.33 bits per heavy atom. The maximum atomic E-state index is 4.32. The summed E-state index contributed by atoms with van der Waals surface area (Å²) in [7, 11) is 0. The summed E-state index contributed by atoms with van der Waals surface area (Å²) in [4.78, 5) is 0. The van der Waals surface area contributed by atoms with E-state index >= 15 is 0 Å². The average Bonchev–Trinajstić information content (AvgIpc) is 2.64. The van der Waals surface area contributed by atoms with Crippen molar-refractivity contribution in [1.29, 1.82) is 0 Å². The average molecular weight is 279 g/mol. The molecule has 21 heavy (non-hydrogen) atoms. The molecule has 2 aromatic rings. The van der Waals surface area contributed by atoms with Crippen LogP contribution in [0, 0.1) is 6.92 Å². The summed E-state index contributed by atoms with van der Waals surface area (Å²) in [6.45, 7) is 23.1. The quantitative estimate of drug-likeness (QED) is 0.721. The molecule has 0 saturated carbocycles. The Bertz CT molecular complexity index is 804. The third-order valence-corrected chi connectivity index (χ3v) is 4.18. The lowest BCUT2D eigenvalue weighted by Crippen LogP contribution is -2.30. The van der Waals surface area contributed by atoms with E-state index in [-0.39, 0.29) is 6.04 Å². The van der Waals surface area contributed by atoms with Gasteiger partial charge in [-0.15, -0.1) is 6.58 Å². The van der Waals surface area contributed by atoms with E-state index in [9.17, 15) is 0 Å². The Balaban J connectivity index is 2.67. The maximum Gasteiger partial charge on any atom is 0.0549 e. The fourth-order valence-corrected chi connectivity index (χ4v) is 3.06. The van der Waals surface area contributed by atoms with Crippen LogP contribution < -0.4 is 10.7 Å². The third-order valence-electron chi connectivity index (χ3n) is 4.18. The summed E-state index contributed by atoms with van der Waals surface area (Å²) in [6.07, 6.45) is 1.99. The SMILES string of the molecule is C=C(C)CCC(C(=C)C)n1c(=C)c2cccc(C)c2c1=C. The molecular weight excluding hydrogens is 254 g/mol. The van der Waals surface area contributed by atoms with Crippen LogP contribution in [0.4, 0.5) is 0 Å². The van der Waals surface area contributed by atoms with Crippen molar-refractivity contribution in [3.63, 3.8) is 0 Å². The monoisotopic (exact) mass is 279 g/mol. The molecular formula is C20H25N. The summed E-state index contributed by atoms with van der Waals surface area (Å²) in [5, 5.41) is 4.50. The van der Waals surface area contributed by atoms with Crippen LogP contribution in [0.15, 0.2) is 42.5 Å². The summed E-state index contributed by atoms with van der Waals surface area (Å²) in [6, 6.07) is 6.57. The molecule has 1 heterocycles. The zero-order valence-electron chi connectivity index (χ0n) is 13.5. The van der Waals surface area contributed by atoms with Crippen molar-refractivity contribution in [3.05, 3.63) is 58.8 Å². The number of rotatable bonds is 5. The van der Waals surface area contributed by atoms with Crippen molar-refractivity contribution < 1.29 is 0 Å². The minimum Gasteiger partial charge on any atom is -0.334 e. The molecule has 0 aliphatic heterocycles. The van der Waals surface area contributed by atoms with Gasteiger partial charge in [0.1, 0.15) is 0 Å². The first-order valence-corrected chi connectivity index (χ1v) is 7.41. The minimum atomic E-state index is 0.230. The summed E-state index contributed by atoms with van der Waals surface area (Å²) >= 11 is 0. The predicted octanol–water partition coefficient (Wildman–Crippen LogP) is 4.24. The normalized spacial score (nSPS) is 12.5. The van der Waals surface area contributed by atoms with Gasteiger partial charge in [0.15, 0.2) is 0 Å². The van der Waals surface area contributed by atoms with Crippen molar-refractivity contribution in [3.8, 4) is 0 Å². The molecule has 0 saturated heterocycles. The molecule has 0 bridgehead atoms. The zero-order valence-corrected chi connectivity index (χ0v) is 13.5. The highest BCUT2D eigenvalue weighted by atomic mass is 15.0. The molecule has 1 aromatic carbocycles. The summed E-state index contributed by atoms with van der Waals surface area (Å²) < 4.78 is 2.25. The zero-order chi connectivity index (χ0) is 15.7. The molecule has 0 radical (unpaired) electrons. The van der Waals surface area contributed by atoms with Gasteiger partial charge in [0, 0.05) is 21.5 Å². The van der Waals surface area contributed by atoms with Gasteiger partial charge in [-0.05, 0) is 39.2 Å². The van der Waals surface area contributed by atoms with Crippen molar-refractivity contribution in [1.82, 2.24) is 4.57 Å². The van der Waals surface area contributed by atoms with E-state index in [0.717, 1.165) is 29.1 Å². The predicted molar refractivity (Wildman–Crippen MR) is 94.9 cm³/mol. The van der Waals surface area contributed by atoms with Gasteiger partial charge in [0.25, 0.3) is 0 Å². The van der Waals surface area contributed by atoms with Crippen LogP contribution in [-0.4, -0.2) is 4.57 Å². The third kappa shape index (κ3) is 2.73. The van der Waals surface area contributed by atoms with Crippen LogP contribution >= 0.6 is 0 Å². The van der Waals surface area contributed by atoms with E-state index in [0.29, 0.717) is 0 Å². The van der Waals surface area contributed by atoms with E-state index in [4.69, 9.17) is 0 Å². The lowest BCUT2D eigenvalue weighted by molar-refractivity contribution is 0.516. The topological polar surface area (TPSA) is 4.93 Å². The van der Waals surface area contributed by atoms with Crippen LogP contribution in [0.2, 0.25) is 0 Å². The molecule has 1 atom stereocenters. The lowest BCUT2D eigenvalue weighted by Gasteiger charge is -2.20. The fraction of sp³-hybridized carbons (Fsp3) is 0.300. The largest absolute Gasteiger partial charge is 0.334 e. The van der Waals surface area contributed by atoms with Gasteiger partial charge in [0.2, 0.25) is 0 Å². The molecule has 1 aromatic heterocycles. The van der Waals surface area contributed by atoms with Crippen LogP contribution in [0.3, 0.4) is 0 Å². The van der Waals surface area contributed by atoms with Gasteiger partial charge in [-0.3, -0.25) is 0 Å². The second-order valence-corrected chi connectivity index (χ2v) is 6.12. The van der Waals surface area contributed by atoms with Crippen molar-refractivity contribution in [2.45, 2.75) is 39.7 Å². The molecule has 1 nitrogen and oxygen atoms in total. The van der Waals surface area contributed by atoms with Gasteiger partial charge in [0.05, 0.1) is 6.04 Å². The first kappa shape index (κ1) is 15.4. The van der Waals surface area contributed by atoms with E-state index in [1.807, 2.05) is 0 Å². The Kier molecular flexibility index (Phi) is 4.22. The van der Waals surface area contributed by atoms with Gasteiger partial charge in [-0.2, -0.15) is 0 Å². The fourth-order valence-electron chi connectivity index (χ4n) is 3.06. The van der Waals surface area contributed by atoms with Crippen LogP contribution in [-0.2, 0) is 0 Å². The highest BCUT2D eigenvalue weighted by Crippen LogP contribution is 2.23. The maximum absolute atomic E-state index is 4.32. The Labute approximate surface area is 127 Å². The molecule has 1 heteroatoms. The van der Waals surface area contributed by atoms with E-state index in [2.05, 4.69) is 69.9 Å². The highest BCUT2D eigenvalue weighted by Gasteiger charge is 2.16. The number of allylic oxidation sites excluding steroid dienone is 2. The van der Waals surface area contributed by atoms with Gasteiger partial charge < -0.3 is 4.57 Å². The van der Waals surface area contributed by atoms with Gasteiger partial charge in [-0.25, -0.2) is 0 Å². The Hall–Kier alpha value is -2.02. The number of aromatic nitrogens is 1. The van der Waals surface area contributed by atoms with Gasteiger partial charge in [-0.1, -0.05) is 49.1 Å². The van der Waals surface area contributed by atoms with E-state index < -0.39 is 0 Å². The molecule has 2 rings (SSSR count). The number of hydrogen-bond acceptors (Lipinski definition) is 0. The first-order chi connectivity index (χ1) is 9.84. The van der Waals surface area contributed by atoms with Crippen LogP contribution in [0.5, 0.6) is 0 Å². The molecule has 0 amide bonds. The minimum absolute atomic E-state index is 0.230. The summed E-state index contributed by atoms with van der Waals surface area (Å²) in [5.41, 5.74) is 3.59. The smallest absolute Gasteiger partial charge is 0.0549 e. The van der Waals surface area contributed by atoms with Crippen molar-refractivity contribution in [2.24, 2.45) is 0 Å². The molecule has 0 N–H and O–H groups in total.